The first-order valence-electron chi connectivity index (χ1n) is 5.59. The van der Waals surface area contributed by atoms with Crippen LogP contribution in [-0.4, -0.2) is 21.0 Å². The van der Waals surface area contributed by atoms with Crippen LogP contribution in [0.2, 0.25) is 0 Å². The van der Waals surface area contributed by atoms with E-state index < -0.39 is 16.4 Å². The fourth-order valence-electron chi connectivity index (χ4n) is 1.57. The molecule has 102 valence electrons. The van der Waals surface area contributed by atoms with Crippen LogP contribution in [0.1, 0.15) is 16.1 Å². The number of carbonyl (C=O) groups is 1. The Morgan fingerprint density at radius 1 is 1.35 bits per heavy atom. The third-order valence-corrected chi connectivity index (χ3v) is 2.51. The van der Waals surface area contributed by atoms with E-state index in [1.165, 1.54) is 18.2 Å². The number of nitrogens with one attached hydrogen (secondary N) is 2. The number of rotatable bonds is 3. The lowest BCUT2D eigenvalue weighted by Gasteiger charge is -2.06. The van der Waals surface area contributed by atoms with Gasteiger partial charge in [-0.1, -0.05) is 6.07 Å². The largest absolute Gasteiger partial charge is 0.315 e. The quantitative estimate of drug-likeness (QED) is 0.644. The van der Waals surface area contributed by atoms with E-state index in [1.54, 1.807) is 13.0 Å². The van der Waals surface area contributed by atoms with Crippen molar-refractivity contribution in [2.24, 2.45) is 0 Å². The molecule has 0 radical (unpaired) electrons. The molecular formula is C12H10N4O4. The van der Waals surface area contributed by atoms with Crippen LogP contribution in [0.5, 0.6) is 0 Å². The van der Waals surface area contributed by atoms with Crippen LogP contribution in [0.15, 0.2) is 35.1 Å². The van der Waals surface area contributed by atoms with E-state index in [4.69, 9.17) is 0 Å². The van der Waals surface area contributed by atoms with Crippen molar-refractivity contribution in [3.05, 3.63) is 62.1 Å². The molecule has 0 aliphatic carbocycles. The molecule has 0 saturated carbocycles. The lowest BCUT2D eigenvalue weighted by Crippen LogP contribution is -2.18. The number of H-pyrrole nitrogens is 1. The molecule has 0 bridgehead atoms. The van der Waals surface area contributed by atoms with Gasteiger partial charge in [-0.3, -0.25) is 19.7 Å². The summed E-state index contributed by atoms with van der Waals surface area (Å²) in [4.78, 5) is 33.0. The number of aromatic amines is 1. The van der Waals surface area contributed by atoms with E-state index in [0.29, 0.717) is 0 Å². The topological polar surface area (TPSA) is 118 Å². The molecule has 0 aliphatic heterocycles. The van der Waals surface area contributed by atoms with Gasteiger partial charge >= 0.3 is 0 Å². The molecular weight excluding hydrogens is 264 g/mol. The number of nitro groups is 1. The summed E-state index contributed by atoms with van der Waals surface area (Å²) in [6.45, 7) is 1.75. The third-order valence-electron chi connectivity index (χ3n) is 2.51. The van der Waals surface area contributed by atoms with E-state index in [9.17, 15) is 19.7 Å². The second-order valence-corrected chi connectivity index (χ2v) is 4.04. The van der Waals surface area contributed by atoms with Crippen molar-refractivity contribution in [1.29, 1.82) is 0 Å². The normalized spacial score (nSPS) is 10.1. The summed E-state index contributed by atoms with van der Waals surface area (Å²) in [6.07, 6.45) is 0. The van der Waals surface area contributed by atoms with Gasteiger partial charge in [0.15, 0.2) is 0 Å². The number of anilines is 1. The molecule has 20 heavy (non-hydrogen) atoms. The molecule has 1 aromatic heterocycles. The first-order valence-corrected chi connectivity index (χ1v) is 5.59. The van der Waals surface area contributed by atoms with Crippen molar-refractivity contribution in [2.45, 2.75) is 6.92 Å². The summed E-state index contributed by atoms with van der Waals surface area (Å²) in [5, 5.41) is 19.0. The second kappa shape index (κ2) is 5.31. The fraction of sp³-hybridized carbons (Fsp3) is 0.0833. The minimum atomic E-state index is -0.644. The highest BCUT2D eigenvalue weighted by Crippen LogP contribution is 2.25. The maximum atomic E-state index is 11.9. The summed E-state index contributed by atoms with van der Waals surface area (Å²) in [6, 6.07) is 6.75. The lowest BCUT2D eigenvalue weighted by molar-refractivity contribution is -0.383. The minimum absolute atomic E-state index is 0.0413. The molecule has 2 rings (SSSR count). The monoisotopic (exact) mass is 274 g/mol. The van der Waals surface area contributed by atoms with E-state index in [-0.39, 0.29) is 17.1 Å². The second-order valence-electron chi connectivity index (χ2n) is 4.04. The molecule has 8 heteroatoms. The van der Waals surface area contributed by atoms with Gasteiger partial charge in [-0.25, -0.2) is 5.10 Å². The van der Waals surface area contributed by atoms with Crippen LogP contribution >= 0.6 is 0 Å². The van der Waals surface area contributed by atoms with Gasteiger partial charge in [0.1, 0.15) is 11.4 Å². The van der Waals surface area contributed by atoms with Crippen LogP contribution in [-0.2, 0) is 0 Å². The van der Waals surface area contributed by atoms with Crippen LogP contribution in [0.4, 0.5) is 11.4 Å². The first kappa shape index (κ1) is 13.4. The molecule has 1 heterocycles. The van der Waals surface area contributed by atoms with Gasteiger partial charge in [0, 0.05) is 12.1 Å². The highest BCUT2D eigenvalue weighted by atomic mass is 16.6. The Bertz CT molecular complexity index is 718. The predicted molar refractivity (Wildman–Crippen MR) is 70.6 cm³/mol. The maximum absolute atomic E-state index is 11.9. The third kappa shape index (κ3) is 2.86. The number of benzene rings is 1. The summed E-state index contributed by atoms with van der Waals surface area (Å²) in [5.41, 5.74) is 0.144. The van der Waals surface area contributed by atoms with Gasteiger partial charge in [0.05, 0.1) is 4.92 Å². The summed E-state index contributed by atoms with van der Waals surface area (Å²) in [5.74, 6) is -0.644. The first-order chi connectivity index (χ1) is 9.47. The number of amides is 1. The molecule has 0 atom stereocenters. The molecule has 0 aliphatic rings. The van der Waals surface area contributed by atoms with Crippen LogP contribution in [0, 0.1) is 17.0 Å². The van der Waals surface area contributed by atoms with Gasteiger partial charge in [-0.2, -0.15) is 5.10 Å². The SMILES string of the molecule is Cc1ccc([N+](=O)[O-])c(NC(=O)c2ccc(=O)[nH]n2)c1. The number of aryl methyl sites for hydroxylation is 1. The summed E-state index contributed by atoms with van der Waals surface area (Å²) >= 11 is 0. The standard InChI is InChI=1S/C12H10N4O4/c1-7-2-4-10(16(19)20)9(6-7)13-12(18)8-3-5-11(17)15-14-8/h2-6H,1H3,(H,13,18)(H,15,17). The van der Waals surface area contributed by atoms with Gasteiger partial charge in [-0.05, 0) is 24.6 Å². The Morgan fingerprint density at radius 3 is 2.70 bits per heavy atom. The van der Waals surface area contributed by atoms with Crippen LogP contribution in [0.25, 0.3) is 0 Å². The number of hydrogen-bond acceptors (Lipinski definition) is 5. The predicted octanol–water partition coefficient (Wildman–Crippen LogP) is 1.24. The average Bonchev–Trinajstić information content (AvgIpc) is 2.39. The maximum Gasteiger partial charge on any atom is 0.292 e. The Morgan fingerprint density at radius 2 is 2.10 bits per heavy atom. The van der Waals surface area contributed by atoms with Crippen molar-refractivity contribution in [1.82, 2.24) is 10.2 Å². The van der Waals surface area contributed by atoms with E-state index in [0.717, 1.165) is 11.6 Å². The van der Waals surface area contributed by atoms with E-state index in [1.807, 2.05) is 0 Å². The molecule has 2 N–H and O–H groups in total. The molecule has 0 unspecified atom stereocenters. The average molecular weight is 274 g/mol. The van der Waals surface area contributed by atoms with Crippen LogP contribution < -0.4 is 10.9 Å². The zero-order valence-corrected chi connectivity index (χ0v) is 10.4. The Balaban J connectivity index is 2.32. The Hall–Kier alpha value is -3.03. The molecule has 0 spiro atoms. The highest BCUT2D eigenvalue weighted by molar-refractivity contribution is 6.04. The van der Waals surface area contributed by atoms with Gasteiger partial charge < -0.3 is 5.32 Å². The minimum Gasteiger partial charge on any atom is -0.315 e. The fourth-order valence-corrected chi connectivity index (χ4v) is 1.57. The van der Waals surface area contributed by atoms with Crippen molar-refractivity contribution >= 4 is 17.3 Å². The van der Waals surface area contributed by atoms with Crippen molar-refractivity contribution in [3.63, 3.8) is 0 Å². The van der Waals surface area contributed by atoms with Crippen molar-refractivity contribution in [2.75, 3.05) is 5.32 Å². The molecule has 1 amide bonds. The summed E-state index contributed by atoms with van der Waals surface area (Å²) in [7, 11) is 0. The Labute approximate surface area is 112 Å². The molecule has 0 fully saturated rings. The van der Waals surface area contributed by atoms with Gasteiger partial charge in [0.2, 0.25) is 0 Å². The zero-order chi connectivity index (χ0) is 14.7. The Kier molecular flexibility index (Phi) is 3.56. The number of nitrogens with zero attached hydrogens (tertiary/aromatic N) is 2. The number of carbonyl (C=O) groups excluding carboxylic acids is 1. The van der Waals surface area contributed by atoms with Crippen molar-refractivity contribution in [3.8, 4) is 0 Å². The smallest absolute Gasteiger partial charge is 0.292 e. The highest BCUT2D eigenvalue weighted by Gasteiger charge is 2.17. The number of nitro benzene ring substituents is 1. The van der Waals surface area contributed by atoms with E-state index in [2.05, 4.69) is 15.5 Å². The van der Waals surface area contributed by atoms with E-state index >= 15 is 0 Å². The lowest BCUT2D eigenvalue weighted by atomic mass is 10.2. The summed E-state index contributed by atoms with van der Waals surface area (Å²) < 4.78 is 0. The molecule has 0 saturated heterocycles. The molecule has 2 aromatic rings. The number of aromatic nitrogens is 2. The van der Waals surface area contributed by atoms with Gasteiger partial charge in [0.25, 0.3) is 17.2 Å². The molecule has 1 aromatic carbocycles. The van der Waals surface area contributed by atoms with Crippen LogP contribution in [0.3, 0.4) is 0 Å². The number of hydrogen-bond donors (Lipinski definition) is 2. The van der Waals surface area contributed by atoms with Crippen molar-refractivity contribution < 1.29 is 9.72 Å². The zero-order valence-electron chi connectivity index (χ0n) is 10.4. The van der Waals surface area contributed by atoms with Gasteiger partial charge in [-0.15, -0.1) is 0 Å². The molecule has 8 nitrogen and oxygen atoms in total.